The Hall–Kier alpha value is -1.88. The molecule has 1 heterocycles. The molecule has 0 bridgehead atoms. The van der Waals surface area contributed by atoms with Gasteiger partial charge in [0, 0.05) is 16.4 Å². The molecule has 1 aliphatic rings. The van der Waals surface area contributed by atoms with Gasteiger partial charge in [-0.05, 0) is 43.5 Å². The number of hydrogen-bond donors (Lipinski definition) is 1. The van der Waals surface area contributed by atoms with Gasteiger partial charge in [-0.25, -0.2) is 4.98 Å². The normalized spacial score (nSPS) is 14.1. The second-order valence-electron chi connectivity index (χ2n) is 5.22. The molecule has 0 saturated heterocycles. The topological polar surface area (TPSA) is 59.4 Å². The van der Waals surface area contributed by atoms with E-state index in [0.717, 1.165) is 26.9 Å². The van der Waals surface area contributed by atoms with E-state index in [2.05, 4.69) is 0 Å². The van der Waals surface area contributed by atoms with Crippen LogP contribution in [0.25, 0.3) is 10.6 Å². The quantitative estimate of drug-likeness (QED) is 0.883. The molecule has 1 aromatic heterocycles. The lowest BCUT2D eigenvalue weighted by atomic mass is 10.2. The third kappa shape index (κ3) is 3.24. The Morgan fingerprint density at radius 1 is 1.38 bits per heavy atom. The Bertz CT molecular complexity index is 644. The monoisotopic (exact) mass is 303 g/mol. The first kappa shape index (κ1) is 14.1. The number of hydrogen-bond acceptors (Lipinski definition) is 4. The minimum Gasteiger partial charge on any atom is -0.497 e. The van der Waals surface area contributed by atoms with E-state index in [4.69, 9.17) is 14.8 Å². The fourth-order valence-electron chi connectivity index (χ4n) is 2.30. The predicted octanol–water partition coefficient (Wildman–Crippen LogP) is 3.71. The van der Waals surface area contributed by atoms with Gasteiger partial charge in [0.05, 0.1) is 19.2 Å². The van der Waals surface area contributed by atoms with Gasteiger partial charge in [0.25, 0.3) is 0 Å². The number of aliphatic carboxylic acids is 1. The van der Waals surface area contributed by atoms with E-state index >= 15 is 0 Å². The van der Waals surface area contributed by atoms with Crippen LogP contribution in [-0.4, -0.2) is 23.2 Å². The smallest absolute Gasteiger partial charge is 0.303 e. The Balaban J connectivity index is 1.87. The average Bonchev–Trinajstić information content (AvgIpc) is 3.25. The fourth-order valence-corrected chi connectivity index (χ4v) is 3.45. The highest BCUT2D eigenvalue weighted by Gasteiger charge is 2.29. The molecule has 110 valence electrons. The fraction of sp³-hybridized carbons (Fsp3) is 0.375. The van der Waals surface area contributed by atoms with Crippen LogP contribution < -0.4 is 4.74 Å². The van der Waals surface area contributed by atoms with Crippen molar-refractivity contribution >= 4 is 17.3 Å². The molecule has 1 N–H and O–H groups in total. The van der Waals surface area contributed by atoms with Crippen molar-refractivity contribution in [3.63, 3.8) is 0 Å². The van der Waals surface area contributed by atoms with E-state index in [1.807, 2.05) is 24.3 Å². The summed E-state index contributed by atoms with van der Waals surface area (Å²) < 4.78 is 5.16. The lowest BCUT2D eigenvalue weighted by Gasteiger charge is -2.00. The molecule has 1 aromatic carbocycles. The predicted molar refractivity (Wildman–Crippen MR) is 82.0 cm³/mol. The van der Waals surface area contributed by atoms with Crippen LogP contribution in [0.15, 0.2) is 24.3 Å². The molecule has 0 radical (unpaired) electrons. The first-order chi connectivity index (χ1) is 10.2. The van der Waals surface area contributed by atoms with E-state index in [1.165, 1.54) is 12.8 Å². The van der Waals surface area contributed by atoms with E-state index in [-0.39, 0.29) is 6.42 Å². The molecule has 0 amide bonds. The van der Waals surface area contributed by atoms with Crippen LogP contribution in [0.4, 0.5) is 0 Å². The molecule has 5 heteroatoms. The van der Waals surface area contributed by atoms with Crippen LogP contribution in [-0.2, 0) is 11.2 Å². The second-order valence-corrected chi connectivity index (χ2v) is 6.31. The van der Waals surface area contributed by atoms with Crippen molar-refractivity contribution in [1.82, 2.24) is 4.98 Å². The van der Waals surface area contributed by atoms with Gasteiger partial charge in [0.1, 0.15) is 10.8 Å². The van der Waals surface area contributed by atoms with Crippen LogP contribution in [0, 0.1) is 0 Å². The summed E-state index contributed by atoms with van der Waals surface area (Å²) in [4.78, 5) is 16.7. The number of ether oxygens (including phenoxy) is 1. The Morgan fingerprint density at radius 3 is 2.67 bits per heavy atom. The number of rotatable bonds is 6. The zero-order valence-electron chi connectivity index (χ0n) is 11.8. The van der Waals surface area contributed by atoms with E-state index in [0.29, 0.717) is 12.3 Å². The van der Waals surface area contributed by atoms with Crippen LogP contribution in [0.1, 0.15) is 35.8 Å². The SMILES string of the molecule is COc1ccc(-c2nc(C3CC3)c(CCC(=O)O)s2)cc1. The third-order valence-corrected chi connectivity index (χ3v) is 4.77. The van der Waals surface area contributed by atoms with Gasteiger partial charge in [0.15, 0.2) is 0 Å². The first-order valence-corrected chi connectivity index (χ1v) is 7.85. The highest BCUT2D eigenvalue weighted by molar-refractivity contribution is 7.15. The zero-order chi connectivity index (χ0) is 14.8. The van der Waals surface area contributed by atoms with Crippen molar-refractivity contribution < 1.29 is 14.6 Å². The second kappa shape index (κ2) is 5.85. The number of thiazole rings is 1. The van der Waals surface area contributed by atoms with E-state index < -0.39 is 5.97 Å². The van der Waals surface area contributed by atoms with Crippen molar-refractivity contribution in [2.24, 2.45) is 0 Å². The van der Waals surface area contributed by atoms with Crippen molar-refractivity contribution in [2.45, 2.75) is 31.6 Å². The van der Waals surface area contributed by atoms with Crippen LogP contribution in [0.2, 0.25) is 0 Å². The molecular formula is C16H17NO3S. The summed E-state index contributed by atoms with van der Waals surface area (Å²) in [5.41, 5.74) is 2.18. The number of carboxylic acid groups (broad SMARTS) is 1. The molecule has 2 aromatic rings. The molecule has 0 spiro atoms. The Kier molecular flexibility index (Phi) is 3.92. The van der Waals surface area contributed by atoms with Gasteiger partial charge < -0.3 is 9.84 Å². The summed E-state index contributed by atoms with van der Waals surface area (Å²) in [6, 6.07) is 7.83. The average molecular weight is 303 g/mol. The minimum atomic E-state index is -0.754. The van der Waals surface area contributed by atoms with Gasteiger partial charge in [0.2, 0.25) is 0 Å². The van der Waals surface area contributed by atoms with Crippen molar-refractivity contribution in [1.29, 1.82) is 0 Å². The number of aryl methyl sites for hydroxylation is 1. The molecule has 0 atom stereocenters. The van der Waals surface area contributed by atoms with Gasteiger partial charge in [-0.1, -0.05) is 0 Å². The zero-order valence-corrected chi connectivity index (χ0v) is 12.7. The summed E-state index contributed by atoms with van der Waals surface area (Å²) in [7, 11) is 1.65. The molecule has 3 rings (SSSR count). The number of carboxylic acids is 1. The summed E-state index contributed by atoms with van der Waals surface area (Å²) in [6.45, 7) is 0. The van der Waals surface area contributed by atoms with Gasteiger partial charge in [-0.2, -0.15) is 0 Å². The minimum absolute atomic E-state index is 0.171. The standard InChI is InChI=1S/C16H17NO3S/c1-20-12-6-4-11(5-7-12)16-17-15(10-2-3-10)13(21-16)8-9-14(18)19/h4-7,10H,2-3,8-9H2,1H3,(H,18,19). The van der Waals surface area contributed by atoms with Crippen LogP contribution in [0.5, 0.6) is 5.75 Å². The number of aromatic nitrogens is 1. The Labute approximate surface area is 127 Å². The van der Waals surface area contributed by atoms with Gasteiger partial charge in [-0.3, -0.25) is 4.79 Å². The molecule has 1 aliphatic carbocycles. The first-order valence-electron chi connectivity index (χ1n) is 7.03. The third-order valence-electron chi connectivity index (χ3n) is 3.59. The molecule has 0 aliphatic heterocycles. The van der Waals surface area contributed by atoms with Crippen LogP contribution >= 0.6 is 11.3 Å². The lowest BCUT2D eigenvalue weighted by molar-refractivity contribution is -0.136. The molecule has 0 unspecified atom stereocenters. The lowest BCUT2D eigenvalue weighted by Crippen LogP contribution is -1.98. The highest BCUT2D eigenvalue weighted by atomic mass is 32.1. The summed E-state index contributed by atoms with van der Waals surface area (Å²) in [5.74, 6) is 0.608. The van der Waals surface area contributed by atoms with Crippen molar-refractivity contribution in [3.8, 4) is 16.3 Å². The molecule has 1 fully saturated rings. The number of nitrogens with zero attached hydrogens (tertiary/aromatic N) is 1. The van der Waals surface area contributed by atoms with Gasteiger partial charge in [-0.15, -0.1) is 11.3 Å². The molecule has 4 nitrogen and oxygen atoms in total. The maximum Gasteiger partial charge on any atom is 0.303 e. The number of methoxy groups -OCH3 is 1. The number of benzene rings is 1. The summed E-state index contributed by atoms with van der Waals surface area (Å²) >= 11 is 1.62. The maximum atomic E-state index is 10.8. The van der Waals surface area contributed by atoms with Gasteiger partial charge >= 0.3 is 5.97 Å². The van der Waals surface area contributed by atoms with E-state index in [9.17, 15) is 4.79 Å². The molecule has 1 saturated carbocycles. The largest absolute Gasteiger partial charge is 0.497 e. The maximum absolute atomic E-state index is 10.8. The summed E-state index contributed by atoms with van der Waals surface area (Å²) in [5, 5.41) is 9.84. The number of carbonyl (C=O) groups is 1. The van der Waals surface area contributed by atoms with Crippen molar-refractivity contribution in [2.75, 3.05) is 7.11 Å². The van der Waals surface area contributed by atoms with Crippen molar-refractivity contribution in [3.05, 3.63) is 34.8 Å². The summed E-state index contributed by atoms with van der Waals surface area (Å²) in [6.07, 6.45) is 3.09. The van der Waals surface area contributed by atoms with Crippen LogP contribution in [0.3, 0.4) is 0 Å². The molecular weight excluding hydrogens is 286 g/mol. The molecule has 21 heavy (non-hydrogen) atoms. The highest BCUT2D eigenvalue weighted by Crippen LogP contribution is 2.44. The van der Waals surface area contributed by atoms with E-state index in [1.54, 1.807) is 18.4 Å². The Morgan fingerprint density at radius 2 is 2.10 bits per heavy atom.